The maximum absolute atomic E-state index is 12.2. The molecule has 3 rings (SSSR count). The van der Waals surface area contributed by atoms with Crippen LogP contribution in [-0.4, -0.2) is 24.7 Å². The molecule has 2 N–H and O–H groups in total. The standard InChI is InChI=1S/C10H14N6O2/c1-5-4-16-6-7(11-9(16)13-12-5)14(2)10(18)15(3)8(6)17/h5,12H,4H2,1-3H3,(H,11,13)/t5-/m1/s1. The molecular weight excluding hydrogens is 236 g/mol. The minimum absolute atomic E-state index is 0.178. The summed E-state index contributed by atoms with van der Waals surface area (Å²) in [5, 5.41) is 0. The zero-order valence-electron chi connectivity index (χ0n) is 10.4. The van der Waals surface area contributed by atoms with Crippen molar-refractivity contribution in [2.24, 2.45) is 14.1 Å². The maximum Gasteiger partial charge on any atom is 0.332 e. The Morgan fingerprint density at radius 2 is 2.00 bits per heavy atom. The maximum atomic E-state index is 12.2. The lowest BCUT2D eigenvalue weighted by atomic mass is 10.3. The fourth-order valence-corrected chi connectivity index (χ4v) is 2.23. The highest BCUT2D eigenvalue weighted by molar-refractivity contribution is 5.74. The smallest absolute Gasteiger partial charge is 0.302 e. The fraction of sp³-hybridized carbons (Fsp3) is 0.500. The highest BCUT2D eigenvalue weighted by atomic mass is 16.2. The van der Waals surface area contributed by atoms with E-state index < -0.39 is 0 Å². The number of anilines is 1. The van der Waals surface area contributed by atoms with Crippen molar-refractivity contribution in [3.8, 4) is 0 Å². The van der Waals surface area contributed by atoms with Crippen molar-refractivity contribution in [3.63, 3.8) is 0 Å². The number of rotatable bonds is 0. The van der Waals surface area contributed by atoms with Gasteiger partial charge in [-0.15, -0.1) is 0 Å². The highest BCUT2D eigenvalue weighted by Crippen LogP contribution is 2.17. The molecule has 8 nitrogen and oxygen atoms in total. The predicted molar refractivity (Wildman–Crippen MR) is 66.4 cm³/mol. The van der Waals surface area contributed by atoms with Crippen LogP contribution >= 0.6 is 0 Å². The van der Waals surface area contributed by atoms with Gasteiger partial charge in [0, 0.05) is 26.7 Å². The minimum Gasteiger partial charge on any atom is -0.302 e. The summed E-state index contributed by atoms with van der Waals surface area (Å²) in [5.41, 5.74) is 6.14. The summed E-state index contributed by atoms with van der Waals surface area (Å²) in [5.74, 6) is 0.557. The molecular formula is C10H14N6O2. The number of fused-ring (bicyclic) bond motifs is 3. The van der Waals surface area contributed by atoms with Crippen molar-refractivity contribution in [1.82, 2.24) is 24.1 Å². The van der Waals surface area contributed by atoms with E-state index in [-0.39, 0.29) is 17.3 Å². The number of nitrogens with zero attached hydrogens (tertiary/aromatic N) is 4. The lowest BCUT2D eigenvalue weighted by Crippen LogP contribution is -2.42. The third-order valence-electron chi connectivity index (χ3n) is 3.23. The molecule has 2 aromatic rings. The lowest BCUT2D eigenvalue weighted by molar-refractivity contribution is 0.483. The van der Waals surface area contributed by atoms with Crippen LogP contribution in [0.5, 0.6) is 0 Å². The van der Waals surface area contributed by atoms with Gasteiger partial charge in [-0.3, -0.25) is 19.4 Å². The molecule has 0 spiro atoms. The van der Waals surface area contributed by atoms with Gasteiger partial charge in [0.2, 0.25) is 5.95 Å². The van der Waals surface area contributed by atoms with Gasteiger partial charge in [0.05, 0.1) is 0 Å². The molecule has 0 amide bonds. The van der Waals surface area contributed by atoms with Crippen LogP contribution in [0.2, 0.25) is 0 Å². The minimum atomic E-state index is -0.371. The molecule has 0 radical (unpaired) electrons. The number of aryl methyl sites for hydroxylation is 1. The summed E-state index contributed by atoms with van der Waals surface area (Å²) in [6.07, 6.45) is 0. The molecule has 96 valence electrons. The van der Waals surface area contributed by atoms with Gasteiger partial charge in [-0.1, -0.05) is 0 Å². The molecule has 0 fully saturated rings. The van der Waals surface area contributed by atoms with Gasteiger partial charge in [0.1, 0.15) is 0 Å². The van der Waals surface area contributed by atoms with Crippen molar-refractivity contribution in [2.45, 2.75) is 19.5 Å². The number of imidazole rings is 1. The number of aromatic nitrogens is 4. The van der Waals surface area contributed by atoms with Crippen molar-refractivity contribution in [1.29, 1.82) is 0 Å². The first-order chi connectivity index (χ1) is 8.50. The van der Waals surface area contributed by atoms with Crippen molar-refractivity contribution < 1.29 is 0 Å². The van der Waals surface area contributed by atoms with Crippen LogP contribution in [0.3, 0.4) is 0 Å². The van der Waals surface area contributed by atoms with E-state index in [1.54, 1.807) is 11.6 Å². The number of hydrogen-bond donors (Lipinski definition) is 2. The summed E-state index contributed by atoms with van der Waals surface area (Å²) in [6, 6.07) is 0.178. The van der Waals surface area contributed by atoms with Gasteiger partial charge in [0.15, 0.2) is 11.2 Å². The molecule has 3 heterocycles. The van der Waals surface area contributed by atoms with Gasteiger partial charge in [-0.05, 0) is 6.92 Å². The third-order valence-corrected chi connectivity index (χ3v) is 3.23. The van der Waals surface area contributed by atoms with Crippen LogP contribution < -0.4 is 22.1 Å². The van der Waals surface area contributed by atoms with Crippen molar-refractivity contribution in [2.75, 3.05) is 5.43 Å². The van der Waals surface area contributed by atoms with E-state index in [4.69, 9.17) is 0 Å². The van der Waals surface area contributed by atoms with Crippen molar-refractivity contribution >= 4 is 17.1 Å². The van der Waals surface area contributed by atoms with Crippen LogP contribution in [0.4, 0.5) is 5.95 Å². The van der Waals surface area contributed by atoms with Gasteiger partial charge in [-0.2, -0.15) is 4.98 Å². The average Bonchev–Trinajstić information content (AvgIpc) is 2.72. The first kappa shape index (κ1) is 11.0. The van der Waals surface area contributed by atoms with E-state index >= 15 is 0 Å². The van der Waals surface area contributed by atoms with E-state index in [1.165, 1.54) is 11.6 Å². The molecule has 0 aromatic carbocycles. The molecule has 0 aliphatic carbocycles. The molecule has 1 aliphatic heterocycles. The summed E-state index contributed by atoms with van der Waals surface area (Å²) in [7, 11) is 3.09. The fourth-order valence-electron chi connectivity index (χ4n) is 2.23. The predicted octanol–water partition coefficient (Wildman–Crippen LogP) is -1.25. The quantitative estimate of drug-likeness (QED) is 0.610. The summed E-state index contributed by atoms with van der Waals surface area (Å²) in [4.78, 5) is 28.3. The Morgan fingerprint density at radius 1 is 1.28 bits per heavy atom. The lowest BCUT2D eigenvalue weighted by Gasteiger charge is -2.23. The Bertz CT molecular complexity index is 752. The average molecular weight is 250 g/mol. The second-order valence-corrected chi connectivity index (χ2v) is 4.59. The Morgan fingerprint density at radius 3 is 2.72 bits per heavy atom. The topological polar surface area (TPSA) is 85.9 Å². The first-order valence-electron chi connectivity index (χ1n) is 5.68. The monoisotopic (exact) mass is 250 g/mol. The van der Waals surface area contributed by atoms with Gasteiger partial charge < -0.3 is 4.57 Å². The molecule has 1 aliphatic rings. The number of hydrazine groups is 1. The molecule has 0 bridgehead atoms. The molecule has 1 atom stereocenters. The van der Waals surface area contributed by atoms with E-state index in [0.717, 1.165) is 4.57 Å². The Hall–Kier alpha value is -2.09. The van der Waals surface area contributed by atoms with Crippen LogP contribution in [0, 0.1) is 0 Å². The van der Waals surface area contributed by atoms with E-state index in [1.807, 2.05) is 6.92 Å². The second kappa shape index (κ2) is 3.45. The van der Waals surface area contributed by atoms with Crippen molar-refractivity contribution in [3.05, 3.63) is 20.8 Å². The molecule has 18 heavy (non-hydrogen) atoms. The van der Waals surface area contributed by atoms with E-state index in [0.29, 0.717) is 23.7 Å². The third kappa shape index (κ3) is 1.26. The van der Waals surface area contributed by atoms with E-state index in [2.05, 4.69) is 15.8 Å². The zero-order chi connectivity index (χ0) is 13.0. The summed E-state index contributed by atoms with van der Waals surface area (Å²) < 4.78 is 4.29. The van der Waals surface area contributed by atoms with Crippen LogP contribution in [0.1, 0.15) is 6.92 Å². The SMILES string of the molecule is C[C@@H]1Cn2c(nc3c2c(=O)n(C)c(=O)n3C)NN1. The highest BCUT2D eigenvalue weighted by Gasteiger charge is 2.22. The zero-order valence-corrected chi connectivity index (χ0v) is 10.4. The Balaban J connectivity index is 2.49. The largest absolute Gasteiger partial charge is 0.332 e. The second-order valence-electron chi connectivity index (χ2n) is 4.59. The van der Waals surface area contributed by atoms with Gasteiger partial charge in [-0.25, -0.2) is 10.2 Å². The molecule has 8 heteroatoms. The molecule has 0 saturated carbocycles. The first-order valence-corrected chi connectivity index (χ1v) is 5.68. The van der Waals surface area contributed by atoms with Crippen LogP contribution in [-0.2, 0) is 20.6 Å². The molecule has 2 aromatic heterocycles. The summed E-state index contributed by atoms with van der Waals surface area (Å²) >= 11 is 0. The summed E-state index contributed by atoms with van der Waals surface area (Å²) in [6.45, 7) is 2.63. The Labute approximate surface area is 102 Å². The van der Waals surface area contributed by atoms with Gasteiger partial charge in [0.25, 0.3) is 5.56 Å². The molecule has 0 saturated heterocycles. The van der Waals surface area contributed by atoms with Crippen LogP contribution in [0.25, 0.3) is 11.2 Å². The number of nitrogens with one attached hydrogen (secondary N) is 2. The van der Waals surface area contributed by atoms with Crippen LogP contribution in [0.15, 0.2) is 9.59 Å². The number of hydrogen-bond acceptors (Lipinski definition) is 5. The van der Waals surface area contributed by atoms with E-state index in [9.17, 15) is 9.59 Å². The molecule has 0 unspecified atom stereocenters. The Kier molecular flexibility index (Phi) is 2.11. The normalized spacial score (nSPS) is 18.7. The van der Waals surface area contributed by atoms with Gasteiger partial charge >= 0.3 is 5.69 Å².